The van der Waals surface area contributed by atoms with Gasteiger partial charge in [-0.1, -0.05) is 78.4 Å². The monoisotopic (exact) mass is 406 g/mol. The maximum Gasteiger partial charge on any atom is 0.272 e. The first-order valence-electron chi connectivity index (χ1n) is 10.0. The van der Waals surface area contributed by atoms with Crippen LogP contribution in [-0.2, 0) is 4.79 Å². The fourth-order valence-corrected chi connectivity index (χ4v) is 3.31. The van der Waals surface area contributed by atoms with Crippen molar-refractivity contribution < 1.29 is 9.59 Å². The highest BCUT2D eigenvalue weighted by Crippen LogP contribution is 2.21. The summed E-state index contributed by atoms with van der Waals surface area (Å²) >= 11 is 0. The van der Waals surface area contributed by atoms with Gasteiger partial charge in [-0.05, 0) is 53.6 Å². The molecular weight excluding hydrogens is 384 g/mol. The molecular formula is C27H22N2O2. The summed E-state index contributed by atoms with van der Waals surface area (Å²) in [5.74, 6) is -0.729. The number of hydrogen-bond donors (Lipinski definition) is 2. The standard InChI is InChI=1S/C27H22N2O2/c1-19-14-16-23(17-15-19)28-27(31)25(29-26(30)21-9-3-2-4-10-21)18-22-12-7-11-20-8-5-6-13-24(20)22/h2-18H,1H3,(H,28,31)(H,29,30)/b25-18-. The van der Waals surface area contributed by atoms with Crippen LogP contribution in [0.3, 0.4) is 0 Å². The van der Waals surface area contributed by atoms with Crippen molar-refractivity contribution in [3.8, 4) is 0 Å². The topological polar surface area (TPSA) is 58.2 Å². The van der Waals surface area contributed by atoms with E-state index in [4.69, 9.17) is 0 Å². The number of hydrogen-bond acceptors (Lipinski definition) is 2. The number of carbonyl (C=O) groups excluding carboxylic acids is 2. The van der Waals surface area contributed by atoms with E-state index >= 15 is 0 Å². The molecule has 0 saturated heterocycles. The van der Waals surface area contributed by atoms with Crippen molar-refractivity contribution >= 4 is 34.4 Å². The van der Waals surface area contributed by atoms with Crippen LogP contribution in [0.4, 0.5) is 5.69 Å². The molecule has 2 N–H and O–H groups in total. The Morgan fingerprint density at radius 2 is 1.42 bits per heavy atom. The van der Waals surface area contributed by atoms with Crippen LogP contribution in [0.2, 0.25) is 0 Å². The molecule has 0 saturated carbocycles. The minimum absolute atomic E-state index is 0.172. The largest absolute Gasteiger partial charge is 0.321 e. The second-order valence-electron chi connectivity index (χ2n) is 7.27. The second-order valence-corrected chi connectivity index (χ2v) is 7.27. The molecule has 0 spiro atoms. The first-order chi connectivity index (χ1) is 15.1. The average molecular weight is 406 g/mol. The Hall–Kier alpha value is -4.18. The highest BCUT2D eigenvalue weighted by molar-refractivity contribution is 6.11. The quantitative estimate of drug-likeness (QED) is 0.427. The molecule has 152 valence electrons. The van der Waals surface area contributed by atoms with Gasteiger partial charge in [0, 0.05) is 11.3 Å². The SMILES string of the molecule is Cc1ccc(NC(=O)/C(=C/c2cccc3ccccc23)NC(=O)c2ccccc2)cc1. The molecule has 0 bridgehead atoms. The molecule has 0 aliphatic heterocycles. The number of fused-ring (bicyclic) bond motifs is 1. The maximum absolute atomic E-state index is 13.1. The molecule has 0 unspecified atom stereocenters. The lowest BCUT2D eigenvalue weighted by molar-refractivity contribution is -0.113. The Morgan fingerprint density at radius 3 is 2.19 bits per heavy atom. The van der Waals surface area contributed by atoms with Crippen LogP contribution in [0.15, 0.2) is 103 Å². The summed E-state index contributed by atoms with van der Waals surface area (Å²) in [6.07, 6.45) is 1.71. The molecule has 31 heavy (non-hydrogen) atoms. The number of anilines is 1. The first-order valence-corrected chi connectivity index (χ1v) is 10.0. The molecule has 0 heterocycles. The van der Waals surface area contributed by atoms with Gasteiger partial charge in [-0.3, -0.25) is 9.59 Å². The fraction of sp³-hybridized carbons (Fsp3) is 0.0370. The molecule has 4 aromatic rings. The molecule has 0 radical (unpaired) electrons. The van der Waals surface area contributed by atoms with E-state index in [1.807, 2.05) is 79.7 Å². The van der Waals surface area contributed by atoms with Gasteiger partial charge in [0.2, 0.25) is 0 Å². The van der Waals surface area contributed by atoms with Crippen molar-refractivity contribution in [2.24, 2.45) is 0 Å². The summed E-state index contributed by atoms with van der Waals surface area (Å²) in [7, 11) is 0. The van der Waals surface area contributed by atoms with Crippen LogP contribution in [0.1, 0.15) is 21.5 Å². The summed E-state index contributed by atoms with van der Waals surface area (Å²) < 4.78 is 0. The van der Waals surface area contributed by atoms with Gasteiger partial charge in [0.15, 0.2) is 0 Å². The van der Waals surface area contributed by atoms with E-state index in [-0.39, 0.29) is 17.5 Å². The Kier molecular flexibility index (Phi) is 5.90. The van der Waals surface area contributed by atoms with E-state index in [1.54, 1.807) is 30.3 Å². The minimum atomic E-state index is -0.388. The zero-order valence-electron chi connectivity index (χ0n) is 17.1. The van der Waals surface area contributed by atoms with Crippen molar-refractivity contribution in [3.63, 3.8) is 0 Å². The van der Waals surface area contributed by atoms with Gasteiger partial charge in [-0.15, -0.1) is 0 Å². The number of aryl methyl sites for hydroxylation is 1. The molecule has 0 fully saturated rings. The molecule has 4 rings (SSSR count). The Balaban J connectivity index is 1.70. The van der Waals surface area contributed by atoms with Crippen molar-refractivity contribution in [2.75, 3.05) is 5.32 Å². The van der Waals surface area contributed by atoms with Gasteiger partial charge in [0.05, 0.1) is 0 Å². The van der Waals surface area contributed by atoms with Crippen LogP contribution in [0, 0.1) is 6.92 Å². The van der Waals surface area contributed by atoms with E-state index in [0.717, 1.165) is 21.9 Å². The van der Waals surface area contributed by atoms with E-state index in [2.05, 4.69) is 10.6 Å². The Labute approximate surface area is 181 Å². The Morgan fingerprint density at radius 1 is 0.742 bits per heavy atom. The summed E-state index contributed by atoms with van der Waals surface area (Å²) in [4.78, 5) is 25.9. The third kappa shape index (κ3) is 4.87. The highest BCUT2D eigenvalue weighted by atomic mass is 16.2. The van der Waals surface area contributed by atoms with Crippen molar-refractivity contribution in [1.82, 2.24) is 5.32 Å². The van der Waals surface area contributed by atoms with Gasteiger partial charge in [0.1, 0.15) is 5.70 Å². The Bertz CT molecular complexity index is 1250. The third-order valence-corrected chi connectivity index (χ3v) is 4.96. The molecule has 0 aromatic heterocycles. The summed E-state index contributed by atoms with van der Waals surface area (Å²) in [6, 6.07) is 30.2. The van der Waals surface area contributed by atoms with Crippen LogP contribution < -0.4 is 10.6 Å². The highest BCUT2D eigenvalue weighted by Gasteiger charge is 2.15. The van der Waals surface area contributed by atoms with Gasteiger partial charge in [0.25, 0.3) is 11.8 Å². The van der Waals surface area contributed by atoms with Gasteiger partial charge in [-0.25, -0.2) is 0 Å². The lowest BCUT2D eigenvalue weighted by Crippen LogP contribution is -2.30. The number of benzene rings is 4. The normalized spacial score (nSPS) is 11.2. The van der Waals surface area contributed by atoms with E-state index < -0.39 is 0 Å². The summed E-state index contributed by atoms with van der Waals surface area (Å²) in [6.45, 7) is 1.98. The second kappa shape index (κ2) is 9.09. The predicted molar refractivity (Wildman–Crippen MR) is 126 cm³/mol. The number of carbonyl (C=O) groups is 2. The van der Waals surface area contributed by atoms with E-state index in [9.17, 15) is 9.59 Å². The van der Waals surface area contributed by atoms with Gasteiger partial charge in [-0.2, -0.15) is 0 Å². The number of rotatable bonds is 5. The first kappa shape index (κ1) is 20.1. The summed E-state index contributed by atoms with van der Waals surface area (Å²) in [5.41, 5.74) is 3.26. The zero-order valence-corrected chi connectivity index (χ0v) is 17.1. The van der Waals surface area contributed by atoms with Crippen LogP contribution >= 0.6 is 0 Å². The maximum atomic E-state index is 13.1. The predicted octanol–water partition coefficient (Wildman–Crippen LogP) is 5.56. The lowest BCUT2D eigenvalue weighted by Gasteiger charge is -2.12. The van der Waals surface area contributed by atoms with Crippen LogP contribution in [0.5, 0.6) is 0 Å². The smallest absolute Gasteiger partial charge is 0.272 e. The molecule has 0 aliphatic rings. The zero-order chi connectivity index (χ0) is 21.6. The van der Waals surface area contributed by atoms with Gasteiger partial charge >= 0.3 is 0 Å². The average Bonchev–Trinajstić information content (AvgIpc) is 2.81. The van der Waals surface area contributed by atoms with E-state index in [0.29, 0.717) is 11.3 Å². The fourth-order valence-electron chi connectivity index (χ4n) is 3.31. The van der Waals surface area contributed by atoms with Crippen LogP contribution in [0.25, 0.3) is 16.8 Å². The van der Waals surface area contributed by atoms with Crippen LogP contribution in [-0.4, -0.2) is 11.8 Å². The third-order valence-electron chi connectivity index (χ3n) is 4.96. The molecule has 0 atom stereocenters. The van der Waals surface area contributed by atoms with Crippen molar-refractivity contribution in [2.45, 2.75) is 6.92 Å². The van der Waals surface area contributed by atoms with Crippen molar-refractivity contribution in [1.29, 1.82) is 0 Å². The number of amides is 2. The van der Waals surface area contributed by atoms with Crippen molar-refractivity contribution in [3.05, 3.63) is 119 Å². The molecule has 0 aliphatic carbocycles. The lowest BCUT2D eigenvalue weighted by atomic mass is 10.0. The molecule has 4 aromatic carbocycles. The number of nitrogens with one attached hydrogen (secondary N) is 2. The molecule has 2 amide bonds. The molecule has 4 heteroatoms. The van der Waals surface area contributed by atoms with Gasteiger partial charge < -0.3 is 10.6 Å². The van der Waals surface area contributed by atoms with E-state index in [1.165, 1.54) is 0 Å². The summed E-state index contributed by atoms with van der Waals surface area (Å²) in [5, 5.41) is 7.72. The minimum Gasteiger partial charge on any atom is -0.321 e. The molecule has 4 nitrogen and oxygen atoms in total.